The third kappa shape index (κ3) is 10.5. The summed E-state index contributed by atoms with van der Waals surface area (Å²) in [5.74, 6) is -1.16. The molecule has 4 amide bonds. The molecule has 0 spiro atoms. The number of carbonyl (C=O) groups is 4. The van der Waals surface area contributed by atoms with Crippen molar-refractivity contribution in [2.45, 2.75) is 86.2 Å². The van der Waals surface area contributed by atoms with E-state index >= 15 is 0 Å². The third-order valence-corrected chi connectivity index (χ3v) is 7.94. The van der Waals surface area contributed by atoms with Crippen molar-refractivity contribution < 1.29 is 23.9 Å². The van der Waals surface area contributed by atoms with Gasteiger partial charge in [-0.3, -0.25) is 19.2 Å². The van der Waals surface area contributed by atoms with Gasteiger partial charge in [-0.25, -0.2) is 0 Å². The molecule has 0 bridgehead atoms. The summed E-state index contributed by atoms with van der Waals surface area (Å²) in [4.78, 5) is 52.2. The minimum absolute atomic E-state index is 0.0753. The number of ether oxygens (including phenoxy) is 1. The van der Waals surface area contributed by atoms with Gasteiger partial charge in [0.15, 0.2) is 0 Å². The number of aryl methyl sites for hydroxylation is 2. The van der Waals surface area contributed by atoms with Gasteiger partial charge in [0, 0.05) is 36.9 Å². The van der Waals surface area contributed by atoms with E-state index in [-0.39, 0.29) is 48.3 Å². The lowest BCUT2D eigenvalue weighted by Crippen LogP contribution is -2.48. The van der Waals surface area contributed by atoms with Crippen LogP contribution in [0.1, 0.15) is 77.5 Å². The number of amides is 4. The highest BCUT2D eigenvalue weighted by molar-refractivity contribution is 5.96. The van der Waals surface area contributed by atoms with Crippen LogP contribution in [0.4, 0.5) is 5.69 Å². The molecular weight excluding hydrogens is 556 g/mol. The molecule has 3 rings (SSSR count). The Morgan fingerprint density at radius 1 is 0.841 bits per heavy atom. The topological polar surface area (TPSA) is 131 Å². The average Bonchev–Trinajstić information content (AvgIpc) is 2.94. The molecule has 4 N–H and O–H groups in total. The molecule has 9 heteroatoms. The van der Waals surface area contributed by atoms with E-state index in [0.29, 0.717) is 26.3 Å². The number of rotatable bonds is 14. The number of fused-ring (bicyclic) bond motifs is 2. The first-order valence-electron chi connectivity index (χ1n) is 15.6. The minimum atomic E-state index is -0.710. The summed E-state index contributed by atoms with van der Waals surface area (Å²) in [6.07, 6.45) is 2.18. The van der Waals surface area contributed by atoms with Gasteiger partial charge in [-0.1, -0.05) is 84.0 Å². The van der Waals surface area contributed by atoms with Crippen LogP contribution in [0.2, 0.25) is 0 Å². The fourth-order valence-electron chi connectivity index (χ4n) is 5.40. The summed E-state index contributed by atoms with van der Waals surface area (Å²) < 4.78 is 5.97. The molecule has 9 nitrogen and oxygen atoms in total. The summed E-state index contributed by atoms with van der Waals surface area (Å²) in [5, 5.41) is 5.69. The van der Waals surface area contributed by atoms with Crippen molar-refractivity contribution in [2.75, 3.05) is 24.7 Å². The number of nitrogens with two attached hydrogens (primary N) is 1. The Morgan fingerprint density at radius 2 is 1.43 bits per heavy atom. The Balaban J connectivity index is 1.46. The number of benzene rings is 2. The summed E-state index contributed by atoms with van der Waals surface area (Å²) >= 11 is 0. The molecule has 1 aliphatic rings. The van der Waals surface area contributed by atoms with E-state index in [9.17, 15) is 19.2 Å². The van der Waals surface area contributed by atoms with Gasteiger partial charge >= 0.3 is 0 Å². The first-order valence-corrected chi connectivity index (χ1v) is 15.6. The number of anilines is 1. The van der Waals surface area contributed by atoms with Crippen LogP contribution in [0.3, 0.4) is 0 Å². The van der Waals surface area contributed by atoms with Gasteiger partial charge in [0.05, 0.1) is 19.8 Å². The van der Waals surface area contributed by atoms with Gasteiger partial charge in [-0.05, 0) is 46.9 Å². The van der Waals surface area contributed by atoms with E-state index in [0.717, 1.165) is 29.7 Å². The lowest BCUT2D eigenvalue weighted by Gasteiger charge is -2.30. The van der Waals surface area contributed by atoms with E-state index < -0.39 is 17.4 Å². The quantitative estimate of drug-likeness (QED) is 0.295. The SMILES string of the molecule is CC(C)[C@H](NC(=O)CC(C)(C)COCC(C)(C)CNC(=O)CCC(=O)N1Cc2ccccc2CCc2ccccc21)C(N)=O. The van der Waals surface area contributed by atoms with Crippen LogP contribution in [0.25, 0.3) is 0 Å². The highest BCUT2D eigenvalue weighted by atomic mass is 16.5. The Labute approximate surface area is 262 Å². The summed E-state index contributed by atoms with van der Waals surface area (Å²) in [6.45, 7) is 13.1. The molecule has 2 aromatic rings. The maximum Gasteiger partial charge on any atom is 0.240 e. The standard InChI is InChI=1S/C35H50N4O5/c1-24(2)32(33(36)43)38-30(41)19-34(3,4)22-44-23-35(5,6)21-37-29(40)17-18-31(42)39-20-27-13-8-7-11-25(27)15-16-26-12-9-10-14-28(26)39/h7-14,24,32H,15-23H2,1-6H3,(H2,36,43)(H,37,40)(H,38,41)/t32-/m0/s1. The largest absolute Gasteiger partial charge is 0.380 e. The second kappa shape index (κ2) is 15.3. The van der Waals surface area contributed by atoms with E-state index in [1.54, 1.807) is 0 Å². The van der Waals surface area contributed by atoms with Gasteiger partial charge in [-0.2, -0.15) is 0 Å². The first kappa shape index (κ1) is 34.8. The van der Waals surface area contributed by atoms with Crippen molar-refractivity contribution in [1.82, 2.24) is 10.6 Å². The molecule has 0 aromatic heterocycles. The highest BCUT2D eigenvalue weighted by Crippen LogP contribution is 2.29. The second-order valence-corrected chi connectivity index (χ2v) is 13.8. The molecule has 0 saturated heterocycles. The number of nitrogens with one attached hydrogen (secondary N) is 2. The van der Waals surface area contributed by atoms with Crippen LogP contribution >= 0.6 is 0 Å². The zero-order valence-electron chi connectivity index (χ0n) is 27.2. The maximum absolute atomic E-state index is 13.5. The molecule has 44 heavy (non-hydrogen) atoms. The zero-order valence-corrected chi connectivity index (χ0v) is 27.2. The van der Waals surface area contributed by atoms with Crippen molar-refractivity contribution in [3.05, 3.63) is 65.2 Å². The Bertz CT molecular complexity index is 1320. The number of hydrogen-bond donors (Lipinski definition) is 3. The van der Waals surface area contributed by atoms with E-state index in [1.165, 1.54) is 5.56 Å². The molecule has 0 radical (unpaired) electrons. The average molecular weight is 607 g/mol. The molecular formula is C35H50N4O5. The van der Waals surface area contributed by atoms with Gasteiger partial charge in [0.25, 0.3) is 0 Å². The summed E-state index contributed by atoms with van der Waals surface area (Å²) in [5.41, 5.74) is 9.02. The minimum Gasteiger partial charge on any atom is -0.380 e. The van der Waals surface area contributed by atoms with Crippen molar-refractivity contribution in [3.63, 3.8) is 0 Å². The van der Waals surface area contributed by atoms with E-state index in [4.69, 9.17) is 10.5 Å². The lowest BCUT2D eigenvalue weighted by atomic mass is 9.89. The third-order valence-electron chi connectivity index (χ3n) is 7.94. The molecule has 0 saturated carbocycles. The molecule has 1 atom stereocenters. The summed E-state index contributed by atoms with van der Waals surface area (Å²) in [6, 6.07) is 15.5. The molecule has 240 valence electrons. The predicted molar refractivity (Wildman–Crippen MR) is 173 cm³/mol. The van der Waals surface area contributed by atoms with Gasteiger partial charge in [0.2, 0.25) is 23.6 Å². The van der Waals surface area contributed by atoms with E-state index in [2.05, 4.69) is 28.8 Å². The number of para-hydroxylation sites is 1. The van der Waals surface area contributed by atoms with Crippen LogP contribution in [-0.4, -0.2) is 49.4 Å². The van der Waals surface area contributed by atoms with Crippen LogP contribution < -0.4 is 21.3 Å². The van der Waals surface area contributed by atoms with Crippen LogP contribution in [0.15, 0.2) is 48.5 Å². The molecule has 0 aliphatic carbocycles. The fraction of sp³-hybridized carbons (Fsp3) is 0.543. The molecule has 0 fully saturated rings. The van der Waals surface area contributed by atoms with Crippen LogP contribution in [0, 0.1) is 16.7 Å². The predicted octanol–water partition coefficient (Wildman–Crippen LogP) is 4.30. The monoisotopic (exact) mass is 606 g/mol. The highest BCUT2D eigenvalue weighted by Gasteiger charge is 2.29. The van der Waals surface area contributed by atoms with Gasteiger partial charge in [0.1, 0.15) is 6.04 Å². The molecule has 1 aliphatic heterocycles. The van der Waals surface area contributed by atoms with Gasteiger partial charge in [-0.15, -0.1) is 0 Å². The Hall–Kier alpha value is -3.72. The number of hydrogen-bond acceptors (Lipinski definition) is 5. The molecule has 0 unspecified atom stereocenters. The van der Waals surface area contributed by atoms with Crippen molar-refractivity contribution in [3.8, 4) is 0 Å². The number of primary amides is 1. The number of carbonyl (C=O) groups excluding carboxylic acids is 4. The molecule has 2 aromatic carbocycles. The normalized spacial score (nSPS) is 14.1. The summed E-state index contributed by atoms with van der Waals surface area (Å²) in [7, 11) is 0. The Kier molecular flexibility index (Phi) is 12.1. The molecule has 1 heterocycles. The van der Waals surface area contributed by atoms with Gasteiger partial charge < -0.3 is 26.0 Å². The Morgan fingerprint density at radius 3 is 2.09 bits per heavy atom. The zero-order chi connectivity index (χ0) is 32.5. The van der Waals surface area contributed by atoms with Crippen molar-refractivity contribution in [2.24, 2.45) is 22.5 Å². The lowest BCUT2D eigenvalue weighted by molar-refractivity contribution is -0.130. The fourth-order valence-corrected chi connectivity index (χ4v) is 5.40. The number of nitrogens with zero attached hydrogens (tertiary/aromatic N) is 1. The van der Waals surface area contributed by atoms with Crippen molar-refractivity contribution in [1.29, 1.82) is 0 Å². The maximum atomic E-state index is 13.5. The first-order chi connectivity index (χ1) is 20.7. The van der Waals surface area contributed by atoms with Crippen LogP contribution in [-0.2, 0) is 43.3 Å². The van der Waals surface area contributed by atoms with E-state index in [1.807, 2.05) is 76.8 Å². The van der Waals surface area contributed by atoms with Crippen LogP contribution in [0.5, 0.6) is 0 Å². The second-order valence-electron chi connectivity index (χ2n) is 13.8. The smallest absolute Gasteiger partial charge is 0.240 e. The van der Waals surface area contributed by atoms with Crippen molar-refractivity contribution >= 4 is 29.3 Å².